The number of nitrogens with one attached hydrogen (secondary N) is 1. The number of carbonyl (C=O) groups is 1. The largest absolute Gasteiger partial charge is 0.449 e. The molecule has 1 aliphatic carbocycles. The number of rotatable bonds is 1. The summed E-state index contributed by atoms with van der Waals surface area (Å²) in [5.41, 5.74) is 0.699. The van der Waals surface area contributed by atoms with Gasteiger partial charge in [0.05, 0.1) is 6.61 Å². The molecule has 0 radical (unpaired) electrons. The van der Waals surface area contributed by atoms with E-state index in [0.717, 1.165) is 12.8 Å². The molecule has 0 spiro atoms. The van der Waals surface area contributed by atoms with Crippen molar-refractivity contribution in [3.63, 3.8) is 0 Å². The zero-order valence-corrected chi connectivity index (χ0v) is 12.9. The summed E-state index contributed by atoms with van der Waals surface area (Å²) in [5.74, 6) is -1.64. The first-order valence-corrected chi connectivity index (χ1v) is 7.73. The van der Waals surface area contributed by atoms with Gasteiger partial charge in [-0.3, -0.25) is 5.32 Å². The summed E-state index contributed by atoms with van der Waals surface area (Å²) in [4.78, 5) is 11.7. The smallest absolute Gasteiger partial charge is 0.411 e. The quantitative estimate of drug-likeness (QED) is 0.704. The van der Waals surface area contributed by atoms with E-state index in [1.165, 1.54) is 24.3 Å². The Bertz CT molecular complexity index is 653. The summed E-state index contributed by atoms with van der Waals surface area (Å²) in [6, 6.07) is 4.05. The number of cyclic esters (lactones) is 1. The molecular formula is C16H15ClF3NO2. The van der Waals surface area contributed by atoms with Gasteiger partial charge in [0, 0.05) is 17.1 Å². The number of allylic oxidation sites excluding steroid dienone is 1. The molecule has 3 rings (SSSR count). The Morgan fingerprint density at radius 1 is 1.26 bits per heavy atom. The zero-order chi connectivity index (χ0) is 16.6. The number of benzene rings is 1. The Hall–Kier alpha value is -1.69. The van der Waals surface area contributed by atoms with Crippen LogP contribution in [0.1, 0.15) is 30.7 Å². The molecule has 1 saturated carbocycles. The van der Waals surface area contributed by atoms with Crippen LogP contribution in [0, 0.1) is 5.92 Å². The van der Waals surface area contributed by atoms with Crippen molar-refractivity contribution in [3.05, 3.63) is 40.4 Å². The molecule has 1 aromatic rings. The molecule has 2 aliphatic rings. The van der Waals surface area contributed by atoms with Crippen molar-refractivity contribution >= 4 is 23.4 Å². The fourth-order valence-electron chi connectivity index (χ4n) is 2.76. The van der Waals surface area contributed by atoms with Crippen LogP contribution in [0.3, 0.4) is 0 Å². The summed E-state index contributed by atoms with van der Waals surface area (Å²) in [7, 11) is 0. The van der Waals surface area contributed by atoms with Crippen LogP contribution in [0.25, 0.3) is 0 Å². The maximum Gasteiger partial charge on any atom is 0.411 e. The highest BCUT2D eigenvalue weighted by molar-refractivity contribution is 6.30. The summed E-state index contributed by atoms with van der Waals surface area (Å²) < 4.78 is 45.9. The van der Waals surface area contributed by atoms with Crippen LogP contribution >= 0.6 is 11.6 Å². The van der Waals surface area contributed by atoms with Gasteiger partial charge in [-0.05, 0) is 42.5 Å². The van der Waals surface area contributed by atoms with Crippen molar-refractivity contribution in [2.75, 3.05) is 11.9 Å². The van der Waals surface area contributed by atoms with Gasteiger partial charge in [0.15, 0.2) is 0 Å². The van der Waals surface area contributed by atoms with Gasteiger partial charge in [-0.1, -0.05) is 23.3 Å². The highest BCUT2D eigenvalue weighted by Crippen LogP contribution is 2.45. The lowest BCUT2D eigenvalue weighted by molar-refractivity contribution is -0.139. The summed E-state index contributed by atoms with van der Waals surface area (Å²) in [6.07, 6.45) is -1.87. The average Bonchev–Trinajstić information content (AvgIpc) is 3.28. The van der Waals surface area contributed by atoms with Crippen LogP contribution in [0.5, 0.6) is 0 Å². The van der Waals surface area contributed by atoms with E-state index in [4.69, 9.17) is 16.3 Å². The molecule has 124 valence electrons. The van der Waals surface area contributed by atoms with Crippen molar-refractivity contribution in [2.45, 2.75) is 31.4 Å². The molecule has 1 amide bonds. The minimum absolute atomic E-state index is 0.0648. The lowest BCUT2D eigenvalue weighted by atomic mass is 9.92. The fourth-order valence-corrected chi connectivity index (χ4v) is 2.95. The third kappa shape index (κ3) is 3.80. The molecule has 1 aromatic carbocycles. The number of alkyl halides is 3. The lowest BCUT2D eigenvalue weighted by Crippen LogP contribution is -2.24. The molecular weight excluding hydrogens is 331 g/mol. The number of anilines is 1. The topological polar surface area (TPSA) is 38.3 Å². The first-order valence-electron chi connectivity index (χ1n) is 7.35. The normalized spacial score (nSPS) is 24.8. The second kappa shape index (κ2) is 6.07. The Balaban J connectivity index is 2.12. The lowest BCUT2D eigenvalue weighted by Gasteiger charge is -2.24. The highest BCUT2D eigenvalue weighted by atomic mass is 35.5. The van der Waals surface area contributed by atoms with Crippen molar-refractivity contribution in [1.82, 2.24) is 0 Å². The Morgan fingerprint density at radius 3 is 2.65 bits per heavy atom. The van der Waals surface area contributed by atoms with E-state index in [9.17, 15) is 18.0 Å². The monoisotopic (exact) mass is 345 g/mol. The summed E-state index contributed by atoms with van der Waals surface area (Å²) in [5, 5.41) is 2.56. The van der Waals surface area contributed by atoms with Crippen molar-refractivity contribution in [3.8, 4) is 0 Å². The standard InChI is InChI=1S/C16H15ClF3NO2/c17-11-3-4-14-12(8-11)13(16(18,19)20)7-10(9-1-2-9)5-6-23-15(22)21-14/h3-4,7-9,13H,1-2,5-6H2,(H,21,22)/b10-7+/t13-/m1/s1. The predicted octanol–water partition coefficient (Wildman–Crippen LogP) is 5.27. The first kappa shape index (κ1) is 16.2. The van der Waals surface area contributed by atoms with E-state index in [0.29, 0.717) is 12.0 Å². The third-order valence-corrected chi connectivity index (χ3v) is 4.28. The molecule has 1 fully saturated rings. The van der Waals surface area contributed by atoms with E-state index in [-0.39, 0.29) is 28.8 Å². The van der Waals surface area contributed by atoms with Gasteiger partial charge in [0.25, 0.3) is 0 Å². The van der Waals surface area contributed by atoms with E-state index in [1.54, 1.807) is 0 Å². The summed E-state index contributed by atoms with van der Waals surface area (Å²) in [6.45, 7) is 0.0711. The van der Waals surface area contributed by atoms with Crippen LogP contribution in [-0.2, 0) is 4.74 Å². The van der Waals surface area contributed by atoms with E-state index < -0.39 is 18.2 Å². The Labute approximate surface area is 136 Å². The molecule has 1 heterocycles. The number of amides is 1. The van der Waals surface area contributed by atoms with E-state index >= 15 is 0 Å². The van der Waals surface area contributed by atoms with Gasteiger partial charge in [-0.2, -0.15) is 13.2 Å². The minimum atomic E-state index is -4.47. The number of hydrogen-bond donors (Lipinski definition) is 1. The van der Waals surface area contributed by atoms with Crippen molar-refractivity contribution in [2.24, 2.45) is 5.92 Å². The van der Waals surface area contributed by atoms with Crippen LogP contribution in [0.15, 0.2) is 29.8 Å². The minimum Gasteiger partial charge on any atom is -0.449 e. The molecule has 0 unspecified atom stereocenters. The molecule has 23 heavy (non-hydrogen) atoms. The molecule has 1 aliphatic heterocycles. The van der Waals surface area contributed by atoms with Crippen LogP contribution < -0.4 is 5.32 Å². The summed E-state index contributed by atoms with van der Waals surface area (Å²) >= 11 is 5.87. The second-order valence-electron chi connectivity index (χ2n) is 5.78. The molecule has 7 heteroatoms. The number of fused-ring (bicyclic) bond motifs is 1. The molecule has 1 N–H and O–H groups in total. The first-order chi connectivity index (χ1) is 10.8. The highest BCUT2D eigenvalue weighted by Gasteiger charge is 2.42. The maximum atomic E-state index is 13.6. The van der Waals surface area contributed by atoms with Crippen LogP contribution in [-0.4, -0.2) is 18.9 Å². The van der Waals surface area contributed by atoms with Crippen LogP contribution in [0.4, 0.5) is 23.7 Å². The van der Waals surface area contributed by atoms with Gasteiger partial charge in [0.2, 0.25) is 0 Å². The molecule has 1 atom stereocenters. The van der Waals surface area contributed by atoms with Gasteiger partial charge >= 0.3 is 12.3 Å². The number of hydrogen-bond acceptors (Lipinski definition) is 2. The van der Waals surface area contributed by atoms with E-state index in [2.05, 4.69) is 5.32 Å². The Kier molecular flexibility index (Phi) is 4.27. The van der Waals surface area contributed by atoms with Crippen molar-refractivity contribution in [1.29, 1.82) is 0 Å². The fraction of sp³-hybridized carbons (Fsp3) is 0.438. The number of halogens is 4. The SMILES string of the molecule is O=C1Nc2ccc(Cl)cc2[C@H](C(F)(F)F)/C=C(/C2CC2)CCO1. The second-order valence-corrected chi connectivity index (χ2v) is 6.21. The van der Waals surface area contributed by atoms with Gasteiger partial charge < -0.3 is 4.74 Å². The zero-order valence-electron chi connectivity index (χ0n) is 12.1. The molecule has 0 bridgehead atoms. The molecule has 0 saturated heterocycles. The van der Waals surface area contributed by atoms with Crippen molar-refractivity contribution < 1.29 is 22.7 Å². The number of ether oxygens (including phenoxy) is 1. The third-order valence-electron chi connectivity index (χ3n) is 4.04. The molecule has 0 aromatic heterocycles. The average molecular weight is 346 g/mol. The number of carbonyl (C=O) groups excluding carboxylic acids is 1. The van der Waals surface area contributed by atoms with Crippen LogP contribution in [0.2, 0.25) is 5.02 Å². The predicted molar refractivity (Wildman–Crippen MR) is 80.6 cm³/mol. The molecule has 3 nitrogen and oxygen atoms in total. The maximum absolute atomic E-state index is 13.6. The van der Waals surface area contributed by atoms with E-state index in [1.807, 2.05) is 0 Å². The van der Waals surface area contributed by atoms with Gasteiger partial charge in [0.1, 0.15) is 5.92 Å². The Morgan fingerprint density at radius 2 is 2.00 bits per heavy atom. The van der Waals surface area contributed by atoms with Gasteiger partial charge in [-0.15, -0.1) is 0 Å². The van der Waals surface area contributed by atoms with Gasteiger partial charge in [-0.25, -0.2) is 4.79 Å².